The summed E-state index contributed by atoms with van der Waals surface area (Å²) in [6, 6.07) is 10.5. The summed E-state index contributed by atoms with van der Waals surface area (Å²) in [6.45, 7) is 0. The van der Waals surface area contributed by atoms with Crippen molar-refractivity contribution in [3.8, 4) is 34.4 Å². The highest BCUT2D eigenvalue weighted by Crippen LogP contribution is 2.42. The maximum absolute atomic E-state index is 12.5. The second-order valence-corrected chi connectivity index (χ2v) is 6.41. The SMILES string of the molecule is COc1cc(-c2ccc(C#N)cc2)c(OC)cc1OS(=O)(=O)C(F)(F)F. The zero-order valence-corrected chi connectivity index (χ0v) is 14.3. The fraction of sp³-hybridized carbons (Fsp3) is 0.188. The minimum atomic E-state index is -5.87. The third kappa shape index (κ3) is 3.83. The quantitative estimate of drug-likeness (QED) is 0.577. The van der Waals surface area contributed by atoms with Crippen molar-refractivity contribution in [2.45, 2.75) is 5.51 Å². The van der Waals surface area contributed by atoms with Gasteiger partial charge in [0.1, 0.15) is 5.75 Å². The van der Waals surface area contributed by atoms with Gasteiger partial charge in [0.2, 0.25) is 0 Å². The number of benzene rings is 2. The number of nitrogens with zero attached hydrogens (tertiary/aromatic N) is 1. The van der Waals surface area contributed by atoms with E-state index in [0.29, 0.717) is 16.7 Å². The summed E-state index contributed by atoms with van der Waals surface area (Å²) in [7, 11) is -3.46. The first-order chi connectivity index (χ1) is 12.1. The Hall–Kier alpha value is -2.93. The fourth-order valence-electron chi connectivity index (χ4n) is 2.05. The van der Waals surface area contributed by atoms with Crippen LogP contribution in [-0.4, -0.2) is 28.1 Å². The van der Waals surface area contributed by atoms with Crippen LogP contribution >= 0.6 is 0 Å². The maximum atomic E-state index is 12.5. The van der Waals surface area contributed by atoms with Crippen molar-refractivity contribution >= 4 is 10.1 Å². The molecule has 0 N–H and O–H groups in total. The lowest BCUT2D eigenvalue weighted by Crippen LogP contribution is -2.28. The van der Waals surface area contributed by atoms with E-state index in [1.807, 2.05) is 6.07 Å². The Kier molecular flexibility index (Phi) is 5.32. The molecule has 26 heavy (non-hydrogen) atoms. The number of ether oxygens (including phenoxy) is 2. The van der Waals surface area contributed by atoms with Crippen LogP contribution in [0.3, 0.4) is 0 Å². The van der Waals surface area contributed by atoms with Gasteiger partial charge in [0.15, 0.2) is 11.5 Å². The highest BCUT2D eigenvalue weighted by atomic mass is 32.2. The molecule has 0 amide bonds. The molecule has 0 aromatic heterocycles. The molecule has 0 bridgehead atoms. The van der Waals surface area contributed by atoms with Crippen molar-refractivity contribution in [3.63, 3.8) is 0 Å². The molecule has 2 aromatic rings. The predicted octanol–water partition coefficient (Wildman–Crippen LogP) is 3.47. The second kappa shape index (κ2) is 7.13. The molecule has 6 nitrogen and oxygen atoms in total. The van der Waals surface area contributed by atoms with Gasteiger partial charge < -0.3 is 13.7 Å². The van der Waals surface area contributed by atoms with E-state index in [4.69, 9.17) is 14.7 Å². The summed E-state index contributed by atoms with van der Waals surface area (Å²) in [5.74, 6) is -0.847. The largest absolute Gasteiger partial charge is 0.534 e. The highest BCUT2D eigenvalue weighted by Gasteiger charge is 2.49. The van der Waals surface area contributed by atoms with Gasteiger partial charge in [-0.15, -0.1) is 0 Å². The summed E-state index contributed by atoms with van der Waals surface area (Å²) in [5.41, 5.74) is -4.19. The van der Waals surface area contributed by atoms with E-state index in [1.165, 1.54) is 13.2 Å². The van der Waals surface area contributed by atoms with Gasteiger partial charge in [0.25, 0.3) is 0 Å². The van der Waals surface area contributed by atoms with Gasteiger partial charge in [0, 0.05) is 11.6 Å². The van der Waals surface area contributed by atoms with Crippen molar-refractivity contribution in [1.82, 2.24) is 0 Å². The number of halogens is 3. The van der Waals surface area contributed by atoms with E-state index in [-0.39, 0.29) is 11.5 Å². The molecule has 0 aliphatic rings. The average molecular weight is 387 g/mol. The van der Waals surface area contributed by atoms with Gasteiger partial charge in [-0.1, -0.05) is 12.1 Å². The lowest BCUT2D eigenvalue weighted by Gasteiger charge is -2.16. The van der Waals surface area contributed by atoms with Gasteiger partial charge in [-0.25, -0.2) is 0 Å². The van der Waals surface area contributed by atoms with E-state index in [9.17, 15) is 21.6 Å². The van der Waals surface area contributed by atoms with E-state index in [2.05, 4.69) is 4.18 Å². The van der Waals surface area contributed by atoms with Crippen LogP contribution in [0.25, 0.3) is 11.1 Å². The van der Waals surface area contributed by atoms with Crippen molar-refractivity contribution in [1.29, 1.82) is 5.26 Å². The van der Waals surface area contributed by atoms with Gasteiger partial charge in [-0.3, -0.25) is 0 Å². The van der Waals surface area contributed by atoms with Crippen molar-refractivity contribution < 1.29 is 35.2 Å². The van der Waals surface area contributed by atoms with Gasteiger partial charge in [0.05, 0.1) is 25.9 Å². The minimum absolute atomic E-state index is 0.0582. The Morgan fingerprint density at radius 3 is 2.00 bits per heavy atom. The fourth-order valence-corrected chi connectivity index (χ4v) is 2.51. The van der Waals surface area contributed by atoms with Crippen LogP contribution < -0.4 is 13.7 Å². The van der Waals surface area contributed by atoms with Crippen LogP contribution in [0, 0.1) is 11.3 Å². The Morgan fingerprint density at radius 2 is 1.54 bits per heavy atom. The number of nitriles is 1. The van der Waals surface area contributed by atoms with Gasteiger partial charge in [-0.2, -0.15) is 26.9 Å². The number of rotatable bonds is 5. The number of methoxy groups -OCH3 is 2. The topological polar surface area (TPSA) is 85.6 Å². The second-order valence-electron chi connectivity index (χ2n) is 4.88. The van der Waals surface area contributed by atoms with Crippen molar-refractivity contribution in [2.75, 3.05) is 14.2 Å². The summed E-state index contributed by atoms with van der Waals surface area (Å²) < 4.78 is 74.3. The smallest absolute Gasteiger partial charge is 0.496 e. The van der Waals surface area contributed by atoms with E-state index in [1.54, 1.807) is 24.3 Å². The molecule has 0 saturated heterocycles. The molecule has 0 atom stereocenters. The minimum Gasteiger partial charge on any atom is -0.496 e. The zero-order chi connectivity index (χ0) is 19.5. The monoisotopic (exact) mass is 387 g/mol. The molecule has 10 heteroatoms. The summed E-state index contributed by atoms with van der Waals surface area (Å²) in [5, 5.41) is 8.83. The summed E-state index contributed by atoms with van der Waals surface area (Å²) in [4.78, 5) is 0. The molecule has 2 aromatic carbocycles. The van der Waals surface area contributed by atoms with Crippen LogP contribution in [0.2, 0.25) is 0 Å². The first-order valence-corrected chi connectivity index (χ1v) is 8.31. The van der Waals surface area contributed by atoms with Crippen molar-refractivity contribution in [3.05, 3.63) is 42.0 Å². The molecule has 0 radical (unpaired) electrons. The third-order valence-electron chi connectivity index (χ3n) is 3.29. The molecule has 138 valence electrons. The molecule has 0 aliphatic carbocycles. The molecular weight excluding hydrogens is 375 g/mol. The average Bonchev–Trinajstić information content (AvgIpc) is 2.60. The number of hydrogen-bond acceptors (Lipinski definition) is 6. The number of hydrogen-bond donors (Lipinski definition) is 0. The highest BCUT2D eigenvalue weighted by molar-refractivity contribution is 7.88. The van der Waals surface area contributed by atoms with Crippen molar-refractivity contribution in [2.24, 2.45) is 0 Å². The molecule has 0 unspecified atom stereocenters. The summed E-state index contributed by atoms with van der Waals surface area (Å²) in [6.07, 6.45) is 0. The van der Waals surface area contributed by atoms with Crippen LogP contribution in [-0.2, 0) is 10.1 Å². The lowest BCUT2D eigenvalue weighted by atomic mass is 10.0. The van der Waals surface area contributed by atoms with Gasteiger partial charge in [-0.05, 0) is 23.8 Å². The summed E-state index contributed by atoms with van der Waals surface area (Å²) >= 11 is 0. The molecular formula is C16H12F3NO5S. The zero-order valence-electron chi connectivity index (χ0n) is 13.5. The molecule has 0 spiro atoms. The van der Waals surface area contributed by atoms with E-state index < -0.39 is 21.4 Å². The maximum Gasteiger partial charge on any atom is 0.534 e. The standard InChI is InChI=1S/C16H12F3NO5S/c1-23-13-8-15(25-26(21,22)16(17,18)19)14(24-2)7-12(13)11-5-3-10(9-20)4-6-11/h3-8H,1-2H3. The molecule has 0 aliphatic heterocycles. The predicted molar refractivity (Wildman–Crippen MR) is 85.3 cm³/mol. The molecule has 0 saturated carbocycles. The number of alkyl halides is 3. The van der Waals surface area contributed by atoms with Crippen LogP contribution in [0.4, 0.5) is 13.2 Å². The van der Waals surface area contributed by atoms with Crippen LogP contribution in [0.15, 0.2) is 36.4 Å². The molecule has 0 fully saturated rings. The van der Waals surface area contributed by atoms with E-state index >= 15 is 0 Å². The Labute approximate surface area is 147 Å². The first kappa shape index (κ1) is 19.4. The Bertz CT molecular complexity index is 948. The van der Waals surface area contributed by atoms with Crippen LogP contribution in [0.1, 0.15) is 5.56 Å². The molecule has 0 heterocycles. The third-order valence-corrected chi connectivity index (χ3v) is 4.26. The van der Waals surface area contributed by atoms with Crippen LogP contribution in [0.5, 0.6) is 17.2 Å². The normalized spacial score (nSPS) is 11.5. The first-order valence-electron chi connectivity index (χ1n) is 6.90. The van der Waals surface area contributed by atoms with E-state index in [0.717, 1.165) is 13.2 Å². The molecule has 2 rings (SSSR count). The Morgan fingerprint density at radius 1 is 0.962 bits per heavy atom. The lowest BCUT2D eigenvalue weighted by molar-refractivity contribution is -0.0500. The van der Waals surface area contributed by atoms with Gasteiger partial charge >= 0.3 is 15.6 Å². The Balaban J connectivity index is 2.56.